The second kappa shape index (κ2) is 3.21. The van der Waals surface area contributed by atoms with Gasteiger partial charge in [-0.2, -0.15) is 5.26 Å². The van der Waals surface area contributed by atoms with Crippen LogP contribution in [0.4, 0.5) is 0 Å². The van der Waals surface area contributed by atoms with E-state index in [2.05, 4.69) is 11.1 Å². The van der Waals surface area contributed by atoms with Gasteiger partial charge in [0.1, 0.15) is 5.92 Å². The maximum absolute atomic E-state index is 8.58. The first-order valence-corrected chi connectivity index (χ1v) is 3.36. The van der Waals surface area contributed by atoms with Crippen LogP contribution in [-0.4, -0.2) is 19.6 Å². The number of ether oxygens (including phenoxy) is 1. The van der Waals surface area contributed by atoms with Crippen molar-refractivity contribution in [2.24, 2.45) is 10.9 Å². The van der Waals surface area contributed by atoms with Crippen molar-refractivity contribution in [2.75, 3.05) is 13.7 Å². The fourth-order valence-corrected chi connectivity index (χ4v) is 1.04. The first-order valence-electron chi connectivity index (χ1n) is 3.36. The van der Waals surface area contributed by atoms with Crippen molar-refractivity contribution in [3.05, 3.63) is 0 Å². The number of methoxy groups -OCH3 is 1. The Morgan fingerprint density at radius 1 is 1.80 bits per heavy atom. The molecule has 0 aromatic rings. The van der Waals surface area contributed by atoms with Gasteiger partial charge >= 0.3 is 0 Å². The summed E-state index contributed by atoms with van der Waals surface area (Å²) in [6, 6.07) is 2.15. The second-order valence-electron chi connectivity index (χ2n) is 2.25. The van der Waals surface area contributed by atoms with E-state index in [1.165, 1.54) is 0 Å². The zero-order chi connectivity index (χ0) is 7.40. The molecule has 54 valence electrons. The zero-order valence-corrected chi connectivity index (χ0v) is 6.00. The van der Waals surface area contributed by atoms with Gasteiger partial charge in [0.2, 0.25) is 5.90 Å². The standard InChI is InChI=1S/C7H10N2O/c1-10-7-6(5-8)3-2-4-9-7/h6H,2-4H2,1H3. The molecule has 0 N–H and O–H groups in total. The summed E-state index contributed by atoms with van der Waals surface area (Å²) in [5.41, 5.74) is 0. The van der Waals surface area contributed by atoms with E-state index in [9.17, 15) is 0 Å². The van der Waals surface area contributed by atoms with Crippen LogP contribution in [0.15, 0.2) is 4.99 Å². The molecule has 0 radical (unpaired) electrons. The minimum atomic E-state index is -0.0984. The van der Waals surface area contributed by atoms with Gasteiger partial charge in [0.05, 0.1) is 13.2 Å². The molecule has 1 aliphatic rings. The summed E-state index contributed by atoms with van der Waals surface area (Å²) in [5, 5.41) is 8.58. The predicted octanol–water partition coefficient (Wildman–Crippen LogP) is 0.965. The van der Waals surface area contributed by atoms with Crippen LogP contribution in [-0.2, 0) is 4.74 Å². The molecule has 0 amide bonds. The number of nitrogens with zero attached hydrogens (tertiary/aromatic N) is 2. The van der Waals surface area contributed by atoms with Gasteiger partial charge in [0, 0.05) is 6.54 Å². The summed E-state index contributed by atoms with van der Waals surface area (Å²) in [6.07, 6.45) is 1.90. The van der Waals surface area contributed by atoms with E-state index in [4.69, 9.17) is 10.00 Å². The fraction of sp³-hybridized carbons (Fsp3) is 0.714. The molecule has 0 bridgehead atoms. The van der Waals surface area contributed by atoms with Crippen LogP contribution in [0.25, 0.3) is 0 Å². The lowest BCUT2D eigenvalue weighted by Crippen LogP contribution is -2.19. The summed E-state index contributed by atoms with van der Waals surface area (Å²) in [4.78, 5) is 4.07. The Hall–Kier alpha value is -1.04. The molecular formula is C7H10N2O. The normalized spacial score (nSPS) is 24.8. The van der Waals surface area contributed by atoms with E-state index >= 15 is 0 Å². The molecule has 0 aliphatic carbocycles. The van der Waals surface area contributed by atoms with Gasteiger partial charge in [-0.15, -0.1) is 0 Å². The Labute approximate surface area is 60.3 Å². The molecule has 0 fully saturated rings. The lowest BCUT2D eigenvalue weighted by atomic mass is 10.0. The molecule has 1 unspecified atom stereocenters. The largest absolute Gasteiger partial charge is 0.483 e. The predicted molar refractivity (Wildman–Crippen MR) is 37.6 cm³/mol. The van der Waals surface area contributed by atoms with E-state index in [0.717, 1.165) is 19.4 Å². The maximum Gasteiger partial charge on any atom is 0.200 e. The van der Waals surface area contributed by atoms with Crippen molar-refractivity contribution >= 4 is 5.90 Å². The minimum Gasteiger partial charge on any atom is -0.483 e. The van der Waals surface area contributed by atoms with Crippen molar-refractivity contribution in [1.29, 1.82) is 5.26 Å². The average Bonchev–Trinajstić information content (AvgIpc) is 2.04. The van der Waals surface area contributed by atoms with Gasteiger partial charge < -0.3 is 4.74 Å². The highest BCUT2D eigenvalue weighted by Gasteiger charge is 2.18. The van der Waals surface area contributed by atoms with Gasteiger partial charge in [-0.05, 0) is 12.8 Å². The van der Waals surface area contributed by atoms with Crippen molar-refractivity contribution < 1.29 is 4.74 Å². The van der Waals surface area contributed by atoms with E-state index < -0.39 is 0 Å². The number of aliphatic imine (C=N–C) groups is 1. The summed E-state index contributed by atoms with van der Waals surface area (Å²) in [6.45, 7) is 0.807. The molecule has 0 aromatic heterocycles. The van der Waals surface area contributed by atoms with E-state index in [-0.39, 0.29) is 5.92 Å². The van der Waals surface area contributed by atoms with Crippen molar-refractivity contribution in [3.63, 3.8) is 0 Å². The summed E-state index contributed by atoms with van der Waals surface area (Å²) >= 11 is 0. The molecule has 0 spiro atoms. The van der Waals surface area contributed by atoms with Crippen LogP contribution in [0.5, 0.6) is 0 Å². The Morgan fingerprint density at radius 3 is 3.10 bits per heavy atom. The van der Waals surface area contributed by atoms with Crippen LogP contribution >= 0.6 is 0 Å². The van der Waals surface area contributed by atoms with E-state index in [0.29, 0.717) is 5.90 Å². The molecule has 0 aromatic carbocycles. The molecule has 10 heavy (non-hydrogen) atoms. The molecule has 0 saturated carbocycles. The topological polar surface area (TPSA) is 45.4 Å². The van der Waals surface area contributed by atoms with Crippen molar-refractivity contribution in [2.45, 2.75) is 12.8 Å². The van der Waals surface area contributed by atoms with E-state index in [1.54, 1.807) is 7.11 Å². The fourth-order valence-electron chi connectivity index (χ4n) is 1.04. The van der Waals surface area contributed by atoms with Crippen LogP contribution < -0.4 is 0 Å². The SMILES string of the molecule is COC1=NCCCC1C#N. The lowest BCUT2D eigenvalue weighted by molar-refractivity contribution is 0.362. The molecule has 1 heterocycles. The number of hydrogen-bond donors (Lipinski definition) is 0. The molecule has 3 heteroatoms. The third-order valence-corrected chi connectivity index (χ3v) is 1.58. The van der Waals surface area contributed by atoms with E-state index in [1.807, 2.05) is 0 Å². The first-order chi connectivity index (χ1) is 4.88. The van der Waals surface area contributed by atoms with Crippen LogP contribution in [0.1, 0.15) is 12.8 Å². The van der Waals surface area contributed by atoms with Gasteiger partial charge in [0.15, 0.2) is 0 Å². The number of rotatable bonds is 0. The zero-order valence-electron chi connectivity index (χ0n) is 6.00. The summed E-state index contributed by atoms with van der Waals surface area (Å²) < 4.78 is 4.92. The summed E-state index contributed by atoms with van der Waals surface area (Å²) in [5.74, 6) is 0.507. The monoisotopic (exact) mass is 138 g/mol. The summed E-state index contributed by atoms with van der Waals surface area (Å²) in [7, 11) is 1.56. The highest BCUT2D eigenvalue weighted by atomic mass is 16.5. The molecule has 3 nitrogen and oxygen atoms in total. The smallest absolute Gasteiger partial charge is 0.200 e. The van der Waals surface area contributed by atoms with Gasteiger partial charge in [-0.25, -0.2) is 0 Å². The molecule has 0 saturated heterocycles. The van der Waals surface area contributed by atoms with Gasteiger partial charge in [-0.1, -0.05) is 0 Å². The van der Waals surface area contributed by atoms with Crippen LogP contribution in [0.3, 0.4) is 0 Å². The Balaban J connectivity index is 2.65. The first kappa shape index (κ1) is 7.07. The van der Waals surface area contributed by atoms with Crippen LogP contribution in [0, 0.1) is 17.2 Å². The Morgan fingerprint density at radius 2 is 2.60 bits per heavy atom. The minimum absolute atomic E-state index is 0.0984. The number of hydrogen-bond acceptors (Lipinski definition) is 3. The molecule has 1 atom stereocenters. The van der Waals surface area contributed by atoms with Gasteiger partial charge in [-0.3, -0.25) is 4.99 Å². The molecule has 1 aliphatic heterocycles. The highest BCUT2D eigenvalue weighted by molar-refractivity contribution is 5.81. The molecule has 1 rings (SSSR count). The van der Waals surface area contributed by atoms with Crippen molar-refractivity contribution in [3.8, 4) is 6.07 Å². The maximum atomic E-state index is 8.58. The average molecular weight is 138 g/mol. The second-order valence-corrected chi connectivity index (χ2v) is 2.25. The van der Waals surface area contributed by atoms with Gasteiger partial charge in [0.25, 0.3) is 0 Å². The van der Waals surface area contributed by atoms with Crippen molar-refractivity contribution in [1.82, 2.24) is 0 Å². The third-order valence-electron chi connectivity index (χ3n) is 1.58. The Bertz CT molecular complexity index is 181. The number of nitriles is 1. The highest BCUT2D eigenvalue weighted by Crippen LogP contribution is 2.13. The Kier molecular flexibility index (Phi) is 2.27. The third kappa shape index (κ3) is 1.27. The molecular weight excluding hydrogens is 128 g/mol. The van der Waals surface area contributed by atoms with Crippen LogP contribution in [0.2, 0.25) is 0 Å². The lowest BCUT2D eigenvalue weighted by Gasteiger charge is -2.14. The quantitative estimate of drug-likeness (QED) is 0.500.